The number of ether oxygens (including phenoxy) is 1. The third kappa shape index (κ3) is 2.55. The number of hydrogen-bond donors (Lipinski definition) is 2. The predicted octanol–water partition coefficient (Wildman–Crippen LogP) is -0.0750. The quantitative estimate of drug-likeness (QED) is 0.331. The molecule has 1 rings (SSSR count). The minimum Gasteiger partial charge on any atom is -0.405 e. The highest BCUT2D eigenvalue weighted by Gasteiger charge is 2.05. The van der Waals surface area contributed by atoms with E-state index in [1.165, 1.54) is 12.3 Å². The molecule has 6 nitrogen and oxygen atoms in total. The van der Waals surface area contributed by atoms with Crippen LogP contribution in [-0.2, 0) is 4.79 Å². The first kappa shape index (κ1) is 9.72. The first-order chi connectivity index (χ1) is 6.13. The third-order valence-electron chi connectivity index (χ3n) is 1.14. The minimum atomic E-state index is -0.450. The number of halogens is 1. The van der Waals surface area contributed by atoms with Crippen molar-refractivity contribution in [1.29, 1.82) is 5.41 Å². The second kappa shape index (κ2) is 4.04. The molecule has 0 bridgehead atoms. The molecular weight excluding hydrogens is 240 g/mol. The summed E-state index contributed by atoms with van der Waals surface area (Å²) in [4.78, 5) is 10.8. The van der Waals surface area contributed by atoms with Gasteiger partial charge in [0.1, 0.15) is 5.33 Å². The van der Waals surface area contributed by atoms with Crippen molar-refractivity contribution in [1.82, 2.24) is 9.78 Å². The molecule has 0 radical (unpaired) electrons. The molecule has 1 aromatic heterocycles. The van der Waals surface area contributed by atoms with Gasteiger partial charge >= 0.3 is 5.97 Å². The average molecular weight is 247 g/mol. The number of nitrogens with two attached hydrogens (primary N) is 1. The lowest BCUT2D eigenvalue weighted by Crippen LogP contribution is -2.21. The van der Waals surface area contributed by atoms with Gasteiger partial charge in [-0.2, -0.15) is 0 Å². The molecule has 0 fully saturated rings. The fourth-order valence-corrected chi connectivity index (χ4v) is 0.754. The van der Waals surface area contributed by atoms with E-state index in [1.807, 2.05) is 0 Å². The average Bonchev–Trinajstić information content (AvgIpc) is 2.52. The van der Waals surface area contributed by atoms with Gasteiger partial charge in [-0.1, -0.05) is 15.9 Å². The fraction of sp³-hybridized carbons (Fsp3) is 0.167. The van der Waals surface area contributed by atoms with E-state index in [0.717, 1.165) is 4.68 Å². The summed E-state index contributed by atoms with van der Waals surface area (Å²) < 4.78 is 5.82. The van der Waals surface area contributed by atoms with Crippen molar-refractivity contribution in [3.8, 4) is 5.88 Å². The standard InChI is InChI=1S/C6H7BrN4O2/c7-3-5(12)13-4-1-2-11(10-4)6(8)9/h1-2H,3H2,(H3,8,9). The molecule has 0 aliphatic heterocycles. The van der Waals surface area contributed by atoms with E-state index < -0.39 is 5.97 Å². The molecule has 0 aliphatic carbocycles. The Labute approximate surface area is 82.3 Å². The van der Waals surface area contributed by atoms with E-state index in [2.05, 4.69) is 21.0 Å². The SMILES string of the molecule is N=C(N)n1ccc(OC(=O)CBr)n1. The van der Waals surface area contributed by atoms with Crippen LogP contribution >= 0.6 is 15.9 Å². The number of alkyl halides is 1. The second-order valence-electron chi connectivity index (χ2n) is 2.09. The van der Waals surface area contributed by atoms with Crippen LogP contribution in [0.4, 0.5) is 0 Å². The number of hydrogen-bond acceptors (Lipinski definition) is 4. The van der Waals surface area contributed by atoms with Crippen molar-refractivity contribution in [2.75, 3.05) is 5.33 Å². The number of carbonyl (C=O) groups is 1. The van der Waals surface area contributed by atoms with Crippen molar-refractivity contribution in [2.45, 2.75) is 0 Å². The van der Waals surface area contributed by atoms with Gasteiger partial charge in [-0.15, -0.1) is 5.10 Å². The van der Waals surface area contributed by atoms with Crippen LogP contribution in [0.15, 0.2) is 12.3 Å². The Morgan fingerprint density at radius 2 is 2.54 bits per heavy atom. The Kier molecular flexibility index (Phi) is 3.02. The molecule has 1 heterocycles. The second-order valence-corrected chi connectivity index (χ2v) is 2.65. The Bertz CT molecular complexity index is 335. The molecule has 70 valence electrons. The van der Waals surface area contributed by atoms with Crippen LogP contribution in [0.25, 0.3) is 0 Å². The molecule has 0 unspecified atom stereocenters. The van der Waals surface area contributed by atoms with Crippen molar-refractivity contribution in [3.05, 3.63) is 12.3 Å². The molecule has 7 heteroatoms. The van der Waals surface area contributed by atoms with Crippen LogP contribution in [0.5, 0.6) is 5.88 Å². The number of nitrogens with one attached hydrogen (secondary N) is 1. The van der Waals surface area contributed by atoms with Gasteiger partial charge in [0, 0.05) is 12.3 Å². The van der Waals surface area contributed by atoms with E-state index in [0.29, 0.717) is 0 Å². The molecule has 0 amide bonds. The summed E-state index contributed by atoms with van der Waals surface area (Å²) in [6, 6.07) is 1.45. The van der Waals surface area contributed by atoms with Gasteiger partial charge in [0.25, 0.3) is 0 Å². The maximum Gasteiger partial charge on any atom is 0.323 e. The molecule has 0 atom stereocenters. The highest BCUT2D eigenvalue weighted by atomic mass is 79.9. The van der Waals surface area contributed by atoms with Gasteiger partial charge in [0.2, 0.25) is 11.8 Å². The normalized spacial score (nSPS) is 9.62. The lowest BCUT2D eigenvalue weighted by Gasteiger charge is -1.96. The number of aromatic nitrogens is 2. The first-order valence-corrected chi connectivity index (χ1v) is 4.42. The van der Waals surface area contributed by atoms with Gasteiger partial charge in [-0.05, 0) is 0 Å². The first-order valence-electron chi connectivity index (χ1n) is 3.30. The van der Waals surface area contributed by atoms with Gasteiger partial charge < -0.3 is 10.5 Å². The summed E-state index contributed by atoms with van der Waals surface area (Å²) in [6.07, 6.45) is 1.43. The van der Waals surface area contributed by atoms with Crippen LogP contribution in [-0.4, -0.2) is 27.0 Å². The van der Waals surface area contributed by atoms with Crippen molar-refractivity contribution < 1.29 is 9.53 Å². The zero-order chi connectivity index (χ0) is 9.84. The Morgan fingerprint density at radius 1 is 1.85 bits per heavy atom. The summed E-state index contributed by atoms with van der Waals surface area (Å²) in [5, 5.41) is 10.8. The molecule has 0 saturated carbocycles. The number of rotatable bonds is 2. The molecule has 1 aromatic rings. The summed E-state index contributed by atoms with van der Waals surface area (Å²) in [6.45, 7) is 0. The Morgan fingerprint density at radius 3 is 3.00 bits per heavy atom. The predicted molar refractivity (Wildman–Crippen MR) is 49.0 cm³/mol. The summed E-state index contributed by atoms with van der Waals surface area (Å²) in [7, 11) is 0. The maximum absolute atomic E-state index is 10.8. The zero-order valence-electron chi connectivity index (χ0n) is 6.53. The summed E-state index contributed by atoms with van der Waals surface area (Å²) >= 11 is 2.93. The minimum absolute atomic E-state index is 0.0972. The van der Waals surface area contributed by atoms with Crippen LogP contribution < -0.4 is 10.5 Å². The highest BCUT2D eigenvalue weighted by molar-refractivity contribution is 9.09. The van der Waals surface area contributed by atoms with Crippen LogP contribution in [0.3, 0.4) is 0 Å². The summed E-state index contributed by atoms with van der Waals surface area (Å²) in [5.41, 5.74) is 5.12. The molecule has 0 saturated heterocycles. The van der Waals surface area contributed by atoms with Crippen molar-refractivity contribution in [2.24, 2.45) is 5.73 Å². The van der Waals surface area contributed by atoms with Gasteiger partial charge in [0.15, 0.2) is 0 Å². The number of carbonyl (C=O) groups excluding carboxylic acids is 1. The van der Waals surface area contributed by atoms with Crippen LogP contribution in [0.1, 0.15) is 0 Å². The summed E-state index contributed by atoms with van der Waals surface area (Å²) in [5.74, 6) is -0.561. The van der Waals surface area contributed by atoms with Gasteiger partial charge in [-0.25, -0.2) is 4.68 Å². The Hall–Kier alpha value is -1.37. The van der Waals surface area contributed by atoms with Gasteiger partial charge in [0.05, 0.1) is 0 Å². The number of esters is 1. The van der Waals surface area contributed by atoms with Crippen LogP contribution in [0.2, 0.25) is 0 Å². The Balaban J connectivity index is 2.69. The van der Waals surface area contributed by atoms with E-state index >= 15 is 0 Å². The smallest absolute Gasteiger partial charge is 0.323 e. The van der Waals surface area contributed by atoms with Crippen molar-refractivity contribution >= 4 is 27.9 Å². The third-order valence-corrected chi connectivity index (χ3v) is 1.60. The number of nitrogens with zero attached hydrogens (tertiary/aromatic N) is 2. The lowest BCUT2D eigenvalue weighted by molar-refractivity contribution is -0.131. The molecule has 0 aromatic carbocycles. The largest absolute Gasteiger partial charge is 0.405 e. The molecule has 0 spiro atoms. The molecule has 3 N–H and O–H groups in total. The molecular formula is C6H7BrN4O2. The van der Waals surface area contributed by atoms with Gasteiger partial charge in [-0.3, -0.25) is 10.2 Å². The molecule has 0 aliphatic rings. The topological polar surface area (TPSA) is 94.0 Å². The lowest BCUT2D eigenvalue weighted by atomic mass is 10.7. The fourth-order valence-electron chi connectivity index (χ4n) is 0.640. The molecule has 13 heavy (non-hydrogen) atoms. The highest BCUT2D eigenvalue weighted by Crippen LogP contribution is 2.05. The maximum atomic E-state index is 10.8. The monoisotopic (exact) mass is 246 g/mol. The van der Waals surface area contributed by atoms with Crippen LogP contribution in [0, 0.1) is 5.41 Å². The van der Waals surface area contributed by atoms with E-state index in [4.69, 9.17) is 15.9 Å². The zero-order valence-corrected chi connectivity index (χ0v) is 8.11. The van der Waals surface area contributed by atoms with E-state index in [-0.39, 0.29) is 17.2 Å². The number of nitrogen functional groups attached to an aromatic ring is 1. The van der Waals surface area contributed by atoms with E-state index in [9.17, 15) is 4.79 Å². The van der Waals surface area contributed by atoms with Crippen molar-refractivity contribution in [3.63, 3.8) is 0 Å². The van der Waals surface area contributed by atoms with E-state index in [1.54, 1.807) is 0 Å².